The molecular formula is C11H24N2. The summed E-state index contributed by atoms with van der Waals surface area (Å²) in [7, 11) is 0. The summed E-state index contributed by atoms with van der Waals surface area (Å²) < 4.78 is 0. The molecule has 0 amide bonds. The molecule has 2 N–H and O–H groups in total. The second-order valence-corrected chi connectivity index (χ2v) is 5.18. The van der Waals surface area contributed by atoms with E-state index in [-0.39, 0.29) is 0 Å². The monoisotopic (exact) mass is 184 g/mol. The molecule has 1 aliphatic carbocycles. The lowest BCUT2D eigenvalue weighted by Crippen LogP contribution is -2.47. The Balaban J connectivity index is 2.57. The molecule has 0 saturated heterocycles. The highest BCUT2D eigenvalue weighted by molar-refractivity contribution is 4.89. The summed E-state index contributed by atoms with van der Waals surface area (Å²) in [5.74, 6) is 0. The van der Waals surface area contributed by atoms with E-state index in [1.54, 1.807) is 0 Å². The molecule has 0 aromatic rings. The van der Waals surface area contributed by atoms with E-state index in [2.05, 4.69) is 32.6 Å². The molecule has 0 aliphatic heterocycles. The van der Waals surface area contributed by atoms with Gasteiger partial charge in [-0.25, -0.2) is 0 Å². The fourth-order valence-corrected chi connectivity index (χ4v) is 2.55. The Kier molecular flexibility index (Phi) is 3.36. The highest BCUT2D eigenvalue weighted by atomic mass is 15.2. The predicted molar refractivity (Wildman–Crippen MR) is 57.7 cm³/mol. The van der Waals surface area contributed by atoms with Gasteiger partial charge in [0.2, 0.25) is 0 Å². The van der Waals surface area contributed by atoms with Crippen LogP contribution in [-0.4, -0.2) is 29.1 Å². The molecule has 2 heteroatoms. The minimum atomic E-state index is 0.295. The van der Waals surface area contributed by atoms with E-state index in [1.807, 2.05) is 0 Å². The first-order valence-electron chi connectivity index (χ1n) is 5.47. The molecule has 0 heterocycles. The van der Waals surface area contributed by atoms with Crippen LogP contribution < -0.4 is 5.73 Å². The van der Waals surface area contributed by atoms with Gasteiger partial charge in [-0.3, -0.25) is 4.90 Å². The molecule has 0 bridgehead atoms. The Morgan fingerprint density at radius 3 is 2.23 bits per heavy atom. The van der Waals surface area contributed by atoms with Gasteiger partial charge in [-0.2, -0.15) is 0 Å². The van der Waals surface area contributed by atoms with Crippen LogP contribution in [0.15, 0.2) is 0 Å². The zero-order valence-electron chi connectivity index (χ0n) is 9.51. The second kappa shape index (κ2) is 3.97. The van der Waals surface area contributed by atoms with E-state index in [0.717, 1.165) is 12.6 Å². The van der Waals surface area contributed by atoms with Gasteiger partial charge in [0.05, 0.1) is 0 Å². The standard InChI is InChI=1S/C11H24N2/c1-5-13(11(2,3)4)10-7-6-9(12)8-10/h9-10H,5-8,12H2,1-4H3. The maximum atomic E-state index is 5.93. The van der Waals surface area contributed by atoms with Crippen LogP contribution >= 0.6 is 0 Å². The van der Waals surface area contributed by atoms with Crippen LogP contribution in [-0.2, 0) is 0 Å². The van der Waals surface area contributed by atoms with E-state index in [9.17, 15) is 0 Å². The third-order valence-corrected chi connectivity index (χ3v) is 3.09. The van der Waals surface area contributed by atoms with Crippen molar-refractivity contribution in [2.24, 2.45) is 5.73 Å². The zero-order chi connectivity index (χ0) is 10.1. The quantitative estimate of drug-likeness (QED) is 0.711. The average Bonchev–Trinajstić information content (AvgIpc) is 2.34. The number of rotatable bonds is 2. The Hall–Kier alpha value is -0.0800. The first-order chi connectivity index (χ1) is 5.95. The number of hydrogen-bond donors (Lipinski definition) is 1. The van der Waals surface area contributed by atoms with E-state index in [1.165, 1.54) is 19.3 Å². The van der Waals surface area contributed by atoms with E-state index >= 15 is 0 Å². The predicted octanol–water partition coefficient (Wildman–Crippen LogP) is 1.99. The molecule has 1 saturated carbocycles. The van der Waals surface area contributed by atoms with E-state index in [0.29, 0.717) is 11.6 Å². The van der Waals surface area contributed by atoms with Gasteiger partial charge < -0.3 is 5.73 Å². The van der Waals surface area contributed by atoms with E-state index < -0.39 is 0 Å². The van der Waals surface area contributed by atoms with Gasteiger partial charge in [0.25, 0.3) is 0 Å². The lowest BCUT2D eigenvalue weighted by molar-refractivity contribution is 0.0907. The normalized spacial score (nSPS) is 30.0. The van der Waals surface area contributed by atoms with Crippen LogP contribution in [0.4, 0.5) is 0 Å². The molecule has 0 aromatic heterocycles. The van der Waals surface area contributed by atoms with Crippen molar-refractivity contribution in [1.82, 2.24) is 4.90 Å². The largest absolute Gasteiger partial charge is 0.328 e. The van der Waals surface area contributed by atoms with Crippen LogP contribution in [0.2, 0.25) is 0 Å². The first kappa shape index (κ1) is 11.0. The highest BCUT2D eigenvalue weighted by Crippen LogP contribution is 2.28. The van der Waals surface area contributed by atoms with E-state index in [4.69, 9.17) is 5.73 Å². The molecule has 0 aromatic carbocycles. The van der Waals surface area contributed by atoms with Gasteiger partial charge in [0.15, 0.2) is 0 Å². The molecule has 1 fully saturated rings. The molecular weight excluding hydrogens is 160 g/mol. The van der Waals surface area contributed by atoms with Gasteiger partial charge in [0.1, 0.15) is 0 Å². The second-order valence-electron chi connectivity index (χ2n) is 5.18. The third kappa shape index (κ3) is 2.68. The summed E-state index contributed by atoms with van der Waals surface area (Å²) >= 11 is 0. The van der Waals surface area contributed by atoms with Crippen LogP contribution in [0.25, 0.3) is 0 Å². The summed E-state index contributed by atoms with van der Waals surface area (Å²) in [4.78, 5) is 2.58. The number of nitrogens with two attached hydrogens (primary N) is 1. The molecule has 0 spiro atoms. The summed E-state index contributed by atoms with van der Waals surface area (Å²) in [6.45, 7) is 10.3. The Morgan fingerprint density at radius 2 is 1.92 bits per heavy atom. The lowest BCUT2D eigenvalue weighted by atomic mass is 10.0. The van der Waals surface area contributed by atoms with Crippen molar-refractivity contribution >= 4 is 0 Å². The summed E-state index contributed by atoms with van der Waals surface area (Å²) in [5.41, 5.74) is 6.23. The molecule has 0 radical (unpaired) electrons. The molecule has 1 aliphatic rings. The Labute approximate surface area is 82.5 Å². The molecule has 78 valence electrons. The highest BCUT2D eigenvalue weighted by Gasteiger charge is 2.32. The minimum Gasteiger partial charge on any atom is -0.328 e. The van der Waals surface area contributed by atoms with Gasteiger partial charge in [-0.15, -0.1) is 0 Å². The van der Waals surface area contributed by atoms with Crippen molar-refractivity contribution < 1.29 is 0 Å². The molecule has 2 atom stereocenters. The number of hydrogen-bond acceptors (Lipinski definition) is 2. The smallest absolute Gasteiger partial charge is 0.0127 e. The van der Waals surface area contributed by atoms with Gasteiger partial charge >= 0.3 is 0 Å². The van der Waals surface area contributed by atoms with Crippen molar-refractivity contribution in [3.8, 4) is 0 Å². The molecule has 13 heavy (non-hydrogen) atoms. The van der Waals surface area contributed by atoms with Crippen molar-refractivity contribution in [3.63, 3.8) is 0 Å². The zero-order valence-corrected chi connectivity index (χ0v) is 9.51. The number of nitrogens with zero attached hydrogens (tertiary/aromatic N) is 1. The summed E-state index contributed by atoms with van der Waals surface area (Å²) in [6, 6.07) is 1.17. The van der Waals surface area contributed by atoms with Crippen molar-refractivity contribution in [2.45, 2.75) is 64.6 Å². The van der Waals surface area contributed by atoms with Crippen LogP contribution in [0.5, 0.6) is 0 Å². The third-order valence-electron chi connectivity index (χ3n) is 3.09. The van der Waals surface area contributed by atoms with Gasteiger partial charge in [-0.1, -0.05) is 6.92 Å². The fourth-order valence-electron chi connectivity index (χ4n) is 2.55. The maximum absolute atomic E-state index is 5.93. The lowest BCUT2D eigenvalue weighted by Gasteiger charge is -2.39. The van der Waals surface area contributed by atoms with Crippen LogP contribution in [0.1, 0.15) is 47.0 Å². The SMILES string of the molecule is CCN(C1CCC(N)C1)C(C)(C)C. The maximum Gasteiger partial charge on any atom is 0.0127 e. The van der Waals surface area contributed by atoms with Gasteiger partial charge in [0, 0.05) is 17.6 Å². The van der Waals surface area contributed by atoms with Crippen molar-refractivity contribution in [2.75, 3.05) is 6.54 Å². The molecule has 1 rings (SSSR count). The van der Waals surface area contributed by atoms with Crippen molar-refractivity contribution in [3.05, 3.63) is 0 Å². The Bertz CT molecular complexity index is 160. The Morgan fingerprint density at radius 1 is 1.31 bits per heavy atom. The summed E-state index contributed by atoms with van der Waals surface area (Å²) in [6.07, 6.45) is 3.68. The first-order valence-corrected chi connectivity index (χ1v) is 5.47. The summed E-state index contributed by atoms with van der Waals surface area (Å²) in [5, 5.41) is 0. The van der Waals surface area contributed by atoms with Gasteiger partial charge in [-0.05, 0) is 46.6 Å². The van der Waals surface area contributed by atoms with Crippen molar-refractivity contribution in [1.29, 1.82) is 0 Å². The van der Waals surface area contributed by atoms with Crippen LogP contribution in [0.3, 0.4) is 0 Å². The molecule has 2 nitrogen and oxygen atoms in total. The van der Waals surface area contributed by atoms with Crippen LogP contribution in [0, 0.1) is 0 Å². The minimum absolute atomic E-state index is 0.295. The average molecular weight is 184 g/mol. The molecule has 2 unspecified atom stereocenters. The topological polar surface area (TPSA) is 29.3 Å². The fraction of sp³-hybridized carbons (Fsp3) is 1.00.